The number of amides is 2. The molecule has 0 saturated carbocycles. The molecule has 0 saturated heterocycles. The number of benzene rings is 2. The van der Waals surface area contributed by atoms with E-state index in [1.54, 1.807) is 38.2 Å². The SMILES string of the molecule is CNC(=O)c1ccc(-n2c(NC(C)C)nc3c(c2=O)C[C@@H](C)N(C(=O)c2ccc(Cl)c(C(F)F)c2)C3)cc1. The number of nitrogens with one attached hydrogen (secondary N) is 2. The summed E-state index contributed by atoms with van der Waals surface area (Å²) in [5.41, 5.74) is 1.29. The van der Waals surface area contributed by atoms with E-state index in [9.17, 15) is 23.2 Å². The molecule has 2 aromatic carbocycles. The molecule has 0 fully saturated rings. The molecular weight excluding hydrogens is 516 g/mol. The molecule has 1 aliphatic rings. The minimum absolute atomic E-state index is 0.0421. The molecule has 0 bridgehead atoms. The number of aromatic nitrogens is 2. The largest absolute Gasteiger partial charge is 0.355 e. The molecule has 3 aromatic rings. The van der Waals surface area contributed by atoms with Crippen LogP contribution in [0.1, 0.15) is 64.7 Å². The second-order valence-electron chi connectivity index (χ2n) is 9.45. The summed E-state index contributed by atoms with van der Waals surface area (Å²) in [6.45, 7) is 5.65. The molecule has 1 atom stereocenters. The standard InChI is InChI=1S/C27H28ClF2N5O3/c1-14(2)32-27-33-22-13-34(25(37)17-7-10-21(28)19(12-17)23(29)30)15(3)11-20(22)26(38)35(27)18-8-5-16(6-9-18)24(36)31-4/h5-10,12,14-15,23H,11,13H2,1-4H3,(H,31,36)(H,32,33)/t15-/m1/s1. The highest BCUT2D eigenvalue weighted by atomic mass is 35.5. The first-order chi connectivity index (χ1) is 18.0. The van der Waals surface area contributed by atoms with Crippen LogP contribution >= 0.6 is 11.6 Å². The predicted molar refractivity (Wildman–Crippen MR) is 141 cm³/mol. The molecule has 0 aliphatic carbocycles. The van der Waals surface area contributed by atoms with E-state index in [2.05, 4.69) is 10.6 Å². The smallest absolute Gasteiger partial charge is 0.265 e. The summed E-state index contributed by atoms with van der Waals surface area (Å²) in [5.74, 6) is -0.395. The lowest BCUT2D eigenvalue weighted by Gasteiger charge is -2.35. The van der Waals surface area contributed by atoms with Crippen molar-refractivity contribution < 1.29 is 18.4 Å². The minimum atomic E-state index is -2.81. The molecular formula is C27H28ClF2N5O3. The Morgan fingerprint density at radius 2 is 1.76 bits per heavy atom. The third-order valence-electron chi connectivity index (χ3n) is 6.39. The highest BCUT2D eigenvalue weighted by Gasteiger charge is 2.32. The Balaban J connectivity index is 1.74. The van der Waals surface area contributed by atoms with Gasteiger partial charge in [0.25, 0.3) is 23.8 Å². The highest BCUT2D eigenvalue weighted by molar-refractivity contribution is 6.31. The molecule has 0 unspecified atom stereocenters. The molecule has 1 aliphatic heterocycles. The van der Waals surface area contributed by atoms with Crippen LogP contribution in [-0.2, 0) is 13.0 Å². The second kappa shape index (κ2) is 10.9. The maximum absolute atomic E-state index is 13.7. The van der Waals surface area contributed by atoms with Crippen LogP contribution in [-0.4, -0.2) is 45.4 Å². The molecule has 0 radical (unpaired) electrons. The normalized spacial score (nSPS) is 15.0. The zero-order valence-electron chi connectivity index (χ0n) is 21.4. The summed E-state index contributed by atoms with van der Waals surface area (Å²) in [6, 6.07) is 9.97. The number of rotatable bonds is 6. The van der Waals surface area contributed by atoms with Gasteiger partial charge in [-0.25, -0.2) is 18.3 Å². The van der Waals surface area contributed by atoms with Gasteiger partial charge in [-0.1, -0.05) is 11.6 Å². The Labute approximate surface area is 223 Å². The molecule has 2 N–H and O–H groups in total. The molecule has 1 aromatic heterocycles. The van der Waals surface area contributed by atoms with E-state index in [1.165, 1.54) is 21.6 Å². The lowest BCUT2D eigenvalue weighted by molar-refractivity contribution is 0.0652. The Kier molecular flexibility index (Phi) is 7.82. The van der Waals surface area contributed by atoms with Gasteiger partial charge < -0.3 is 15.5 Å². The topological polar surface area (TPSA) is 96.3 Å². The van der Waals surface area contributed by atoms with E-state index >= 15 is 0 Å². The van der Waals surface area contributed by atoms with Crippen LogP contribution < -0.4 is 16.2 Å². The highest BCUT2D eigenvalue weighted by Crippen LogP contribution is 2.30. The van der Waals surface area contributed by atoms with Crippen LogP contribution in [0, 0.1) is 0 Å². The molecule has 0 spiro atoms. The molecule has 38 heavy (non-hydrogen) atoms. The number of fused-ring (bicyclic) bond motifs is 1. The maximum atomic E-state index is 13.7. The quantitative estimate of drug-likeness (QED) is 0.474. The molecule has 2 heterocycles. The van der Waals surface area contributed by atoms with E-state index in [4.69, 9.17) is 16.6 Å². The first kappa shape index (κ1) is 27.3. The Morgan fingerprint density at radius 3 is 2.37 bits per heavy atom. The summed E-state index contributed by atoms with van der Waals surface area (Å²) < 4.78 is 28.2. The average molecular weight is 544 g/mol. The van der Waals surface area contributed by atoms with E-state index < -0.39 is 17.9 Å². The minimum Gasteiger partial charge on any atom is -0.355 e. The molecule has 2 amide bonds. The van der Waals surface area contributed by atoms with Gasteiger partial charge >= 0.3 is 0 Å². The summed E-state index contributed by atoms with van der Waals surface area (Å²) in [6.07, 6.45) is -2.58. The van der Waals surface area contributed by atoms with E-state index in [0.717, 1.165) is 6.07 Å². The zero-order valence-corrected chi connectivity index (χ0v) is 22.1. The summed E-state index contributed by atoms with van der Waals surface area (Å²) >= 11 is 5.87. The van der Waals surface area contributed by atoms with Gasteiger partial charge in [-0.2, -0.15) is 0 Å². The fourth-order valence-corrected chi connectivity index (χ4v) is 4.64. The van der Waals surface area contributed by atoms with Crippen molar-refractivity contribution in [1.29, 1.82) is 0 Å². The van der Waals surface area contributed by atoms with E-state index in [-0.39, 0.29) is 47.1 Å². The average Bonchev–Trinajstić information content (AvgIpc) is 2.88. The van der Waals surface area contributed by atoms with Crippen LogP contribution in [0.25, 0.3) is 5.69 Å². The van der Waals surface area contributed by atoms with Crippen molar-refractivity contribution in [3.63, 3.8) is 0 Å². The number of nitrogens with zero attached hydrogens (tertiary/aromatic N) is 3. The van der Waals surface area contributed by atoms with Gasteiger partial charge in [0.05, 0.1) is 17.9 Å². The third-order valence-corrected chi connectivity index (χ3v) is 6.73. The summed E-state index contributed by atoms with van der Waals surface area (Å²) in [5, 5.41) is 5.65. The van der Waals surface area contributed by atoms with Gasteiger partial charge in [0, 0.05) is 46.4 Å². The first-order valence-corrected chi connectivity index (χ1v) is 12.5. The lowest BCUT2D eigenvalue weighted by atomic mass is 9.98. The number of hydrogen-bond donors (Lipinski definition) is 2. The number of hydrogen-bond acceptors (Lipinski definition) is 5. The van der Waals surface area contributed by atoms with Crippen molar-refractivity contribution in [3.05, 3.63) is 85.8 Å². The Morgan fingerprint density at radius 1 is 1.11 bits per heavy atom. The second-order valence-corrected chi connectivity index (χ2v) is 9.86. The number of carbonyl (C=O) groups excluding carboxylic acids is 2. The van der Waals surface area contributed by atoms with Crippen LogP contribution in [0.5, 0.6) is 0 Å². The van der Waals surface area contributed by atoms with Crippen LogP contribution in [0.3, 0.4) is 0 Å². The summed E-state index contributed by atoms with van der Waals surface area (Å²) in [7, 11) is 1.54. The fourth-order valence-electron chi connectivity index (χ4n) is 4.44. The van der Waals surface area contributed by atoms with Gasteiger partial charge in [0.2, 0.25) is 5.95 Å². The van der Waals surface area contributed by atoms with Crippen LogP contribution in [0.4, 0.5) is 14.7 Å². The van der Waals surface area contributed by atoms with Crippen LogP contribution in [0.2, 0.25) is 5.02 Å². The molecule has 200 valence electrons. The first-order valence-electron chi connectivity index (χ1n) is 12.1. The van der Waals surface area contributed by atoms with Gasteiger partial charge in [0.1, 0.15) is 0 Å². The number of carbonyl (C=O) groups is 2. The van der Waals surface area contributed by atoms with Crippen molar-refractivity contribution in [1.82, 2.24) is 19.8 Å². The summed E-state index contributed by atoms with van der Waals surface area (Å²) in [4.78, 5) is 45.3. The van der Waals surface area contributed by atoms with Crippen molar-refractivity contribution in [3.8, 4) is 5.69 Å². The molecule has 4 rings (SSSR count). The molecule has 11 heteroatoms. The van der Waals surface area contributed by atoms with Crippen molar-refractivity contribution in [2.75, 3.05) is 12.4 Å². The maximum Gasteiger partial charge on any atom is 0.265 e. The van der Waals surface area contributed by atoms with Gasteiger partial charge in [-0.15, -0.1) is 0 Å². The monoisotopic (exact) mass is 543 g/mol. The Hall–Kier alpha value is -3.79. The van der Waals surface area contributed by atoms with Crippen molar-refractivity contribution in [2.45, 2.75) is 52.2 Å². The number of anilines is 1. The van der Waals surface area contributed by atoms with E-state index in [0.29, 0.717) is 28.5 Å². The molecule has 8 nitrogen and oxygen atoms in total. The van der Waals surface area contributed by atoms with Crippen LogP contribution in [0.15, 0.2) is 47.3 Å². The van der Waals surface area contributed by atoms with Gasteiger partial charge in [-0.3, -0.25) is 14.4 Å². The zero-order chi connectivity index (χ0) is 27.7. The van der Waals surface area contributed by atoms with Gasteiger partial charge in [-0.05, 0) is 69.7 Å². The van der Waals surface area contributed by atoms with Crippen molar-refractivity contribution >= 4 is 29.4 Å². The van der Waals surface area contributed by atoms with E-state index in [1.807, 2.05) is 13.8 Å². The fraction of sp³-hybridized carbons (Fsp3) is 0.333. The predicted octanol–water partition coefficient (Wildman–Crippen LogP) is 4.59. The van der Waals surface area contributed by atoms with Crippen molar-refractivity contribution in [2.24, 2.45) is 0 Å². The third kappa shape index (κ3) is 5.26. The number of halogens is 3. The Bertz CT molecular complexity index is 1440. The van der Waals surface area contributed by atoms with Gasteiger partial charge in [0.15, 0.2) is 0 Å². The number of alkyl halides is 2. The lowest BCUT2D eigenvalue weighted by Crippen LogP contribution is -2.46.